The van der Waals surface area contributed by atoms with E-state index in [2.05, 4.69) is 19.1 Å². The normalized spacial score (nSPS) is 42.1. The topological polar surface area (TPSA) is 46.5 Å². The van der Waals surface area contributed by atoms with Gasteiger partial charge in [0.05, 0.1) is 5.57 Å². The second-order valence-electron chi connectivity index (χ2n) is 6.37. The van der Waals surface area contributed by atoms with Crippen LogP contribution >= 0.6 is 0 Å². The molecule has 2 fully saturated rings. The smallest absolute Gasteiger partial charge is 0.337 e. The summed E-state index contributed by atoms with van der Waals surface area (Å²) in [5.74, 6) is 0.341. The Kier molecular flexibility index (Phi) is 2.40. The minimum Gasteiger partial charge on any atom is -0.455 e. The molecular formula is C17H18O3. The Morgan fingerprint density at radius 3 is 2.75 bits per heavy atom. The number of carbonyl (C=O) groups is 1. The highest BCUT2D eigenvalue weighted by Gasteiger charge is 2.65. The number of allylic oxidation sites excluding steroid dienone is 1. The number of ether oxygens (including phenoxy) is 1. The molecular weight excluding hydrogens is 252 g/mol. The van der Waals surface area contributed by atoms with Crippen LogP contribution in [0.3, 0.4) is 0 Å². The predicted octanol–water partition coefficient (Wildman–Crippen LogP) is 2.41. The third-order valence-corrected chi connectivity index (χ3v) is 5.22. The van der Waals surface area contributed by atoms with E-state index in [9.17, 15) is 9.90 Å². The molecule has 2 aliphatic carbocycles. The van der Waals surface area contributed by atoms with Crippen molar-refractivity contribution in [2.75, 3.05) is 0 Å². The molecule has 0 spiro atoms. The Labute approximate surface area is 118 Å². The zero-order chi connectivity index (χ0) is 13.9. The lowest BCUT2D eigenvalue weighted by atomic mass is 9.70. The van der Waals surface area contributed by atoms with Crippen molar-refractivity contribution in [3.63, 3.8) is 0 Å². The lowest BCUT2D eigenvalue weighted by Crippen LogP contribution is -2.44. The molecule has 0 bridgehead atoms. The van der Waals surface area contributed by atoms with Crippen molar-refractivity contribution in [3.8, 4) is 0 Å². The van der Waals surface area contributed by atoms with E-state index in [-0.39, 0.29) is 23.9 Å². The molecule has 0 amide bonds. The van der Waals surface area contributed by atoms with Gasteiger partial charge in [-0.05, 0) is 30.2 Å². The van der Waals surface area contributed by atoms with Gasteiger partial charge in [-0.25, -0.2) is 4.79 Å². The Bertz CT molecular complexity index is 592. The second kappa shape index (κ2) is 3.95. The van der Waals surface area contributed by atoms with Crippen LogP contribution in [0, 0.1) is 11.8 Å². The van der Waals surface area contributed by atoms with Crippen LogP contribution in [-0.4, -0.2) is 22.8 Å². The maximum absolute atomic E-state index is 11.9. The van der Waals surface area contributed by atoms with Gasteiger partial charge in [0.25, 0.3) is 0 Å². The van der Waals surface area contributed by atoms with Crippen LogP contribution in [0.15, 0.2) is 42.0 Å². The zero-order valence-corrected chi connectivity index (χ0v) is 11.5. The van der Waals surface area contributed by atoms with Crippen molar-refractivity contribution in [2.45, 2.75) is 37.4 Å². The molecule has 1 saturated carbocycles. The molecule has 1 aromatic carbocycles. The third-order valence-electron chi connectivity index (χ3n) is 5.22. The van der Waals surface area contributed by atoms with Gasteiger partial charge in [0.1, 0.15) is 11.7 Å². The maximum Gasteiger partial charge on any atom is 0.337 e. The van der Waals surface area contributed by atoms with E-state index >= 15 is 0 Å². The lowest BCUT2D eigenvalue weighted by Gasteiger charge is -2.36. The number of hydrogen-bond acceptors (Lipinski definition) is 3. The van der Waals surface area contributed by atoms with Gasteiger partial charge in [-0.15, -0.1) is 0 Å². The minimum atomic E-state index is -1.07. The molecule has 1 N–H and O–H groups in total. The van der Waals surface area contributed by atoms with Crippen molar-refractivity contribution in [1.82, 2.24) is 0 Å². The Hall–Kier alpha value is -1.61. The monoisotopic (exact) mass is 270 g/mol. The van der Waals surface area contributed by atoms with Crippen molar-refractivity contribution in [3.05, 3.63) is 47.5 Å². The van der Waals surface area contributed by atoms with E-state index in [1.54, 1.807) is 0 Å². The molecule has 3 heteroatoms. The maximum atomic E-state index is 11.9. The van der Waals surface area contributed by atoms with E-state index in [1.165, 1.54) is 5.56 Å². The second-order valence-corrected chi connectivity index (χ2v) is 6.37. The number of rotatable bonds is 1. The fourth-order valence-electron chi connectivity index (χ4n) is 4.35. The summed E-state index contributed by atoms with van der Waals surface area (Å²) >= 11 is 0. The third kappa shape index (κ3) is 1.41. The van der Waals surface area contributed by atoms with Crippen molar-refractivity contribution in [2.24, 2.45) is 11.8 Å². The largest absolute Gasteiger partial charge is 0.455 e. The summed E-state index contributed by atoms with van der Waals surface area (Å²) in [6.45, 7) is 2.10. The fourth-order valence-corrected chi connectivity index (χ4v) is 4.35. The molecule has 20 heavy (non-hydrogen) atoms. The van der Waals surface area contributed by atoms with Crippen LogP contribution in [-0.2, 0) is 9.53 Å². The molecule has 3 aliphatic rings. The summed E-state index contributed by atoms with van der Waals surface area (Å²) in [7, 11) is 0. The van der Waals surface area contributed by atoms with Crippen molar-refractivity contribution >= 4 is 5.97 Å². The highest BCUT2D eigenvalue weighted by Crippen LogP contribution is 2.58. The molecule has 1 heterocycles. The first kappa shape index (κ1) is 12.2. The first-order valence-corrected chi connectivity index (χ1v) is 7.31. The van der Waals surface area contributed by atoms with Gasteiger partial charge in [-0.3, -0.25) is 0 Å². The standard InChI is InChI=1S/C17H18O3/c1-10-7-13-12(11-5-3-2-4-6-11)9-15-17(13,19)14(8-10)16(18)20-15/h2-6,8,10,12-13,15,19H,7,9H2,1H3/t10-,12+,13+,15-,17+/m1/s1. The van der Waals surface area contributed by atoms with E-state index < -0.39 is 5.60 Å². The zero-order valence-electron chi connectivity index (χ0n) is 11.5. The predicted molar refractivity (Wildman–Crippen MR) is 74.0 cm³/mol. The van der Waals surface area contributed by atoms with Gasteiger partial charge in [-0.1, -0.05) is 43.3 Å². The molecule has 4 rings (SSSR count). The lowest BCUT2D eigenvalue weighted by molar-refractivity contribution is -0.140. The summed E-state index contributed by atoms with van der Waals surface area (Å²) in [5, 5.41) is 11.1. The van der Waals surface area contributed by atoms with Gasteiger partial charge < -0.3 is 9.84 Å². The van der Waals surface area contributed by atoms with Gasteiger partial charge >= 0.3 is 5.97 Å². The SMILES string of the molecule is C[C@H]1C=C2C(=O)O[C@@H]3C[C@@H](c4ccccc4)[C@H](C1)[C@]23O. The molecule has 0 aromatic heterocycles. The van der Waals surface area contributed by atoms with Crippen LogP contribution in [0.2, 0.25) is 0 Å². The average Bonchev–Trinajstić information content (AvgIpc) is 2.86. The Morgan fingerprint density at radius 2 is 2.00 bits per heavy atom. The van der Waals surface area contributed by atoms with Crippen LogP contribution in [0.25, 0.3) is 0 Å². The van der Waals surface area contributed by atoms with Crippen LogP contribution in [0.1, 0.15) is 31.2 Å². The van der Waals surface area contributed by atoms with Crippen LogP contribution in [0.4, 0.5) is 0 Å². The number of carbonyl (C=O) groups excluding carboxylic acids is 1. The minimum absolute atomic E-state index is 0.0800. The molecule has 0 radical (unpaired) electrons. The first-order chi connectivity index (χ1) is 9.60. The molecule has 3 nitrogen and oxygen atoms in total. The van der Waals surface area contributed by atoms with Crippen molar-refractivity contribution in [1.29, 1.82) is 0 Å². The quantitative estimate of drug-likeness (QED) is 0.797. The van der Waals surface area contributed by atoms with E-state index in [0.717, 1.165) is 12.8 Å². The number of hydrogen-bond donors (Lipinski definition) is 1. The molecule has 104 valence electrons. The molecule has 1 aromatic rings. The number of aliphatic hydroxyl groups is 1. The summed E-state index contributed by atoms with van der Waals surface area (Å²) in [6, 6.07) is 10.3. The molecule has 1 saturated heterocycles. The van der Waals surface area contributed by atoms with E-state index in [1.807, 2.05) is 24.3 Å². The van der Waals surface area contributed by atoms with Crippen LogP contribution in [0.5, 0.6) is 0 Å². The van der Waals surface area contributed by atoms with E-state index in [0.29, 0.717) is 11.5 Å². The van der Waals surface area contributed by atoms with E-state index in [4.69, 9.17) is 4.74 Å². The summed E-state index contributed by atoms with van der Waals surface area (Å²) in [5.41, 5.74) is 0.680. The summed E-state index contributed by atoms with van der Waals surface area (Å²) in [4.78, 5) is 11.9. The molecule has 1 aliphatic heterocycles. The Balaban J connectivity index is 1.80. The average molecular weight is 270 g/mol. The number of benzene rings is 1. The molecule has 5 atom stereocenters. The summed E-state index contributed by atoms with van der Waals surface area (Å²) in [6.07, 6.45) is 3.17. The van der Waals surface area contributed by atoms with Gasteiger partial charge in [-0.2, -0.15) is 0 Å². The van der Waals surface area contributed by atoms with Crippen LogP contribution < -0.4 is 0 Å². The van der Waals surface area contributed by atoms with Gasteiger partial charge in [0.15, 0.2) is 0 Å². The first-order valence-electron chi connectivity index (χ1n) is 7.31. The van der Waals surface area contributed by atoms with Gasteiger partial charge in [0.2, 0.25) is 0 Å². The molecule has 0 unspecified atom stereocenters. The van der Waals surface area contributed by atoms with Crippen molar-refractivity contribution < 1.29 is 14.6 Å². The fraction of sp³-hybridized carbons (Fsp3) is 0.471. The number of esters is 1. The highest BCUT2D eigenvalue weighted by molar-refractivity contribution is 5.94. The Morgan fingerprint density at radius 1 is 1.25 bits per heavy atom. The summed E-state index contributed by atoms with van der Waals surface area (Å²) < 4.78 is 5.45. The highest BCUT2D eigenvalue weighted by atomic mass is 16.6. The van der Waals surface area contributed by atoms with Gasteiger partial charge in [0, 0.05) is 5.92 Å².